The molecule has 2 heteroatoms. The summed E-state index contributed by atoms with van der Waals surface area (Å²) in [5.74, 6) is 1.42. The zero-order valence-electron chi connectivity index (χ0n) is 10.8. The molecule has 90 valence electrons. The Morgan fingerprint density at radius 3 is 2.44 bits per heavy atom. The molecule has 2 aromatic carbocycles. The van der Waals surface area contributed by atoms with Crippen LogP contribution in [0.25, 0.3) is 0 Å². The Morgan fingerprint density at radius 1 is 1.00 bits per heavy atom. The van der Waals surface area contributed by atoms with Crippen molar-refractivity contribution in [3.63, 3.8) is 0 Å². The Labute approximate surface area is 107 Å². The van der Waals surface area contributed by atoms with Crippen LogP contribution in [-0.4, -0.2) is 0 Å². The highest BCUT2D eigenvalue weighted by Crippen LogP contribution is 2.30. The second-order valence-electron chi connectivity index (χ2n) is 4.41. The van der Waals surface area contributed by atoms with Crippen LogP contribution in [0, 0.1) is 32.1 Å². The van der Waals surface area contributed by atoms with Crippen LogP contribution in [0.1, 0.15) is 22.3 Å². The molecular weight excluding hydrogens is 222 g/mol. The zero-order chi connectivity index (χ0) is 13.1. The summed E-state index contributed by atoms with van der Waals surface area (Å²) in [6.07, 6.45) is 0. The SMILES string of the molecule is Cc1cc(C)c(C)c(Oc2ccccc2C#N)c1. The van der Waals surface area contributed by atoms with Gasteiger partial charge >= 0.3 is 0 Å². The monoisotopic (exact) mass is 237 g/mol. The molecule has 0 saturated carbocycles. The average Bonchev–Trinajstić information content (AvgIpc) is 2.36. The van der Waals surface area contributed by atoms with Gasteiger partial charge in [-0.1, -0.05) is 18.2 Å². The van der Waals surface area contributed by atoms with Gasteiger partial charge in [0, 0.05) is 0 Å². The third kappa shape index (κ3) is 2.36. The van der Waals surface area contributed by atoms with Gasteiger partial charge in [0.2, 0.25) is 0 Å². The van der Waals surface area contributed by atoms with Gasteiger partial charge in [0.1, 0.15) is 17.6 Å². The summed E-state index contributed by atoms with van der Waals surface area (Å²) in [5.41, 5.74) is 4.01. The van der Waals surface area contributed by atoms with Crippen molar-refractivity contribution in [2.45, 2.75) is 20.8 Å². The summed E-state index contributed by atoms with van der Waals surface area (Å²) in [4.78, 5) is 0. The first-order chi connectivity index (χ1) is 8.61. The molecule has 0 saturated heterocycles. The van der Waals surface area contributed by atoms with Gasteiger partial charge in [-0.3, -0.25) is 0 Å². The van der Waals surface area contributed by atoms with E-state index in [9.17, 15) is 0 Å². The van der Waals surface area contributed by atoms with Gasteiger partial charge in [-0.25, -0.2) is 0 Å². The molecule has 2 rings (SSSR count). The van der Waals surface area contributed by atoms with Crippen LogP contribution >= 0.6 is 0 Å². The Kier molecular flexibility index (Phi) is 3.34. The molecule has 0 N–H and O–H groups in total. The Morgan fingerprint density at radius 2 is 1.72 bits per heavy atom. The van der Waals surface area contributed by atoms with Gasteiger partial charge < -0.3 is 4.74 Å². The first-order valence-electron chi connectivity index (χ1n) is 5.86. The second kappa shape index (κ2) is 4.93. The maximum absolute atomic E-state index is 9.04. The van der Waals surface area contributed by atoms with E-state index < -0.39 is 0 Å². The number of ether oxygens (including phenoxy) is 1. The van der Waals surface area contributed by atoms with E-state index in [0.717, 1.165) is 16.9 Å². The predicted octanol–water partition coefficient (Wildman–Crippen LogP) is 4.28. The first kappa shape index (κ1) is 12.2. The number of nitriles is 1. The van der Waals surface area contributed by atoms with Crippen LogP contribution in [0.3, 0.4) is 0 Å². The number of aryl methyl sites for hydroxylation is 2. The standard InChI is InChI=1S/C16H15NO/c1-11-8-12(2)13(3)16(9-11)18-15-7-5-4-6-14(15)10-17/h4-9H,1-3H3. The highest BCUT2D eigenvalue weighted by Gasteiger charge is 2.08. The topological polar surface area (TPSA) is 33.0 Å². The average molecular weight is 237 g/mol. The minimum absolute atomic E-state index is 0.552. The van der Waals surface area contributed by atoms with E-state index in [4.69, 9.17) is 10.00 Å². The van der Waals surface area contributed by atoms with Crippen molar-refractivity contribution >= 4 is 0 Å². The minimum atomic E-state index is 0.552. The largest absolute Gasteiger partial charge is 0.456 e. The summed E-state index contributed by atoms with van der Waals surface area (Å²) < 4.78 is 5.87. The Bertz CT molecular complexity index is 623. The highest BCUT2D eigenvalue weighted by molar-refractivity contribution is 5.48. The second-order valence-corrected chi connectivity index (χ2v) is 4.41. The van der Waals surface area contributed by atoms with Crippen LogP contribution in [0.2, 0.25) is 0 Å². The van der Waals surface area contributed by atoms with Gasteiger partial charge in [-0.2, -0.15) is 5.26 Å². The molecule has 0 unspecified atom stereocenters. The fraction of sp³-hybridized carbons (Fsp3) is 0.188. The molecule has 0 atom stereocenters. The van der Waals surface area contributed by atoms with Crippen molar-refractivity contribution in [2.24, 2.45) is 0 Å². The molecule has 0 radical (unpaired) electrons. The van der Waals surface area contributed by atoms with Gasteiger partial charge in [-0.05, 0) is 55.7 Å². The number of benzene rings is 2. The van der Waals surface area contributed by atoms with Crippen LogP contribution in [0.4, 0.5) is 0 Å². The molecular formula is C16H15NO. The molecule has 0 bridgehead atoms. The first-order valence-corrected chi connectivity index (χ1v) is 5.86. The van der Waals surface area contributed by atoms with Gasteiger partial charge in [-0.15, -0.1) is 0 Å². The van der Waals surface area contributed by atoms with E-state index in [0.29, 0.717) is 11.3 Å². The van der Waals surface area contributed by atoms with Crippen molar-refractivity contribution in [1.82, 2.24) is 0 Å². The molecule has 18 heavy (non-hydrogen) atoms. The van der Waals surface area contributed by atoms with E-state index in [2.05, 4.69) is 19.1 Å². The molecule has 0 heterocycles. The minimum Gasteiger partial charge on any atom is -0.456 e. The van der Waals surface area contributed by atoms with Crippen molar-refractivity contribution in [3.05, 3.63) is 58.7 Å². The van der Waals surface area contributed by atoms with E-state index in [-0.39, 0.29) is 0 Å². The summed E-state index contributed by atoms with van der Waals surface area (Å²) in [6, 6.07) is 13.5. The third-order valence-electron chi connectivity index (χ3n) is 2.99. The van der Waals surface area contributed by atoms with Crippen molar-refractivity contribution in [3.8, 4) is 17.6 Å². The van der Waals surface area contributed by atoms with Gasteiger partial charge in [0.25, 0.3) is 0 Å². The Hall–Kier alpha value is -2.27. The quantitative estimate of drug-likeness (QED) is 0.781. The normalized spacial score (nSPS) is 9.89. The molecule has 0 fully saturated rings. The molecule has 0 aliphatic rings. The molecule has 0 aliphatic heterocycles. The maximum atomic E-state index is 9.04. The van der Waals surface area contributed by atoms with Crippen LogP contribution in [0.5, 0.6) is 11.5 Å². The predicted molar refractivity (Wildman–Crippen MR) is 71.9 cm³/mol. The maximum Gasteiger partial charge on any atom is 0.145 e. The van der Waals surface area contributed by atoms with E-state index >= 15 is 0 Å². The number of rotatable bonds is 2. The third-order valence-corrected chi connectivity index (χ3v) is 2.99. The number of hydrogen-bond acceptors (Lipinski definition) is 2. The van der Waals surface area contributed by atoms with E-state index in [1.165, 1.54) is 5.56 Å². The summed E-state index contributed by atoms with van der Waals surface area (Å²) in [6.45, 7) is 6.12. The summed E-state index contributed by atoms with van der Waals surface area (Å²) in [7, 11) is 0. The molecule has 0 aromatic heterocycles. The molecule has 0 spiro atoms. The molecule has 2 aromatic rings. The smallest absolute Gasteiger partial charge is 0.145 e. The molecule has 2 nitrogen and oxygen atoms in total. The van der Waals surface area contributed by atoms with Crippen LogP contribution in [0.15, 0.2) is 36.4 Å². The van der Waals surface area contributed by atoms with Crippen LogP contribution in [-0.2, 0) is 0 Å². The fourth-order valence-corrected chi connectivity index (χ4v) is 1.87. The van der Waals surface area contributed by atoms with E-state index in [1.54, 1.807) is 6.07 Å². The van der Waals surface area contributed by atoms with Gasteiger partial charge in [0.15, 0.2) is 0 Å². The van der Waals surface area contributed by atoms with Crippen molar-refractivity contribution in [1.29, 1.82) is 5.26 Å². The lowest BCUT2D eigenvalue weighted by molar-refractivity contribution is 0.476. The summed E-state index contributed by atoms with van der Waals surface area (Å²) in [5, 5.41) is 9.04. The van der Waals surface area contributed by atoms with Crippen molar-refractivity contribution < 1.29 is 4.74 Å². The molecule has 0 amide bonds. The zero-order valence-corrected chi connectivity index (χ0v) is 10.8. The summed E-state index contributed by atoms with van der Waals surface area (Å²) >= 11 is 0. The van der Waals surface area contributed by atoms with Gasteiger partial charge in [0.05, 0.1) is 5.56 Å². The van der Waals surface area contributed by atoms with E-state index in [1.807, 2.05) is 38.1 Å². The number of nitrogens with zero attached hydrogens (tertiary/aromatic N) is 1. The number of hydrogen-bond donors (Lipinski definition) is 0. The van der Waals surface area contributed by atoms with Crippen molar-refractivity contribution in [2.75, 3.05) is 0 Å². The lowest BCUT2D eigenvalue weighted by atomic mass is 10.1. The lowest BCUT2D eigenvalue weighted by Crippen LogP contribution is -1.93. The van der Waals surface area contributed by atoms with Crippen LogP contribution < -0.4 is 4.74 Å². The Balaban J connectivity index is 2.44. The lowest BCUT2D eigenvalue weighted by Gasteiger charge is -2.12. The highest BCUT2D eigenvalue weighted by atomic mass is 16.5. The molecule has 0 aliphatic carbocycles. The fourth-order valence-electron chi connectivity index (χ4n) is 1.87. The number of para-hydroxylation sites is 1.